The van der Waals surface area contributed by atoms with Gasteiger partial charge in [-0.15, -0.1) is 11.8 Å². The first kappa shape index (κ1) is 11.6. The molecule has 0 aromatic carbocycles. The number of thioether (sulfide) groups is 1. The van der Waals surface area contributed by atoms with Crippen molar-refractivity contribution >= 4 is 34.5 Å². The van der Waals surface area contributed by atoms with Gasteiger partial charge in [-0.3, -0.25) is 0 Å². The van der Waals surface area contributed by atoms with Crippen molar-refractivity contribution in [3.05, 3.63) is 11.6 Å². The SMILES string of the molecule is COCCCSc1nc(Cl)nc2nc[nH]c12. The Kier molecular flexibility index (Phi) is 3.98. The fourth-order valence-electron chi connectivity index (χ4n) is 1.26. The molecule has 7 heteroatoms. The van der Waals surface area contributed by atoms with Crippen LogP contribution in [0.1, 0.15) is 6.42 Å². The number of imidazole rings is 1. The molecule has 0 unspecified atom stereocenters. The quantitative estimate of drug-likeness (QED) is 0.385. The van der Waals surface area contributed by atoms with Crippen LogP contribution >= 0.6 is 23.4 Å². The van der Waals surface area contributed by atoms with Gasteiger partial charge in [-0.1, -0.05) is 0 Å². The number of rotatable bonds is 5. The fraction of sp³-hybridized carbons (Fsp3) is 0.444. The maximum absolute atomic E-state index is 5.81. The third-order valence-corrected chi connectivity index (χ3v) is 3.19. The van der Waals surface area contributed by atoms with Gasteiger partial charge in [0, 0.05) is 19.5 Å². The van der Waals surface area contributed by atoms with Crippen molar-refractivity contribution in [2.24, 2.45) is 0 Å². The molecule has 0 aliphatic heterocycles. The molecular formula is C9H11ClN4OS. The minimum Gasteiger partial charge on any atom is -0.385 e. The van der Waals surface area contributed by atoms with Crippen molar-refractivity contribution in [3.8, 4) is 0 Å². The van der Waals surface area contributed by atoms with E-state index in [-0.39, 0.29) is 5.28 Å². The molecule has 1 N–H and O–H groups in total. The van der Waals surface area contributed by atoms with Gasteiger partial charge in [0.2, 0.25) is 5.28 Å². The number of fused-ring (bicyclic) bond motifs is 1. The molecule has 2 aromatic heterocycles. The molecule has 0 atom stereocenters. The van der Waals surface area contributed by atoms with Crippen LogP contribution < -0.4 is 0 Å². The number of nitrogens with zero attached hydrogens (tertiary/aromatic N) is 3. The van der Waals surface area contributed by atoms with Crippen LogP contribution in [0.25, 0.3) is 11.2 Å². The molecule has 0 aliphatic carbocycles. The van der Waals surface area contributed by atoms with E-state index in [9.17, 15) is 0 Å². The normalized spacial score (nSPS) is 11.1. The fourth-order valence-corrected chi connectivity index (χ4v) is 2.37. The number of hydrogen-bond donors (Lipinski definition) is 1. The summed E-state index contributed by atoms with van der Waals surface area (Å²) in [5.41, 5.74) is 1.45. The Morgan fingerprint density at radius 2 is 2.38 bits per heavy atom. The minimum atomic E-state index is 0.230. The molecule has 2 heterocycles. The van der Waals surface area contributed by atoms with Gasteiger partial charge in [0.1, 0.15) is 10.5 Å². The van der Waals surface area contributed by atoms with E-state index in [1.165, 1.54) is 0 Å². The summed E-state index contributed by atoms with van der Waals surface area (Å²) in [5, 5.41) is 1.07. The first-order valence-electron chi connectivity index (χ1n) is 4.79. The van der Waals surface area contributed by atoms with Crippen LogP contribution in [0.4, 0.5) is 0 Å². The van der Waals surface area contributed by atoms with Crippen molar-refractivity contribution in [3.63, 3.8) is 0 Å². The largest absolute Gasteiger partial charge is 0.385 e. The number of nitrogens with one attached hydrogen (secondary N) is 1. The second-order valence-corrected chi connectivity index (χ2v) is 4.52. The summed E-state index contributed by atoms with van der Waals surface area (Å²) in [6.45, 7) is 0.748. The third-order valence-electron chi connectivity index (χ3n) is 1.96. The van der Waals surface area contributed by atoms with Crippen molar-refractivity contribution in [2.45, 2.75) is 11.4 Å². The second kappa shape index (κ2) is 5.47. The summed E-state index contributed by atoms with van der Waals surface area (Å²) in [4.78, 5) is 15.3. The summed E-state index contributed by atoms with van der Waals surface area (Å²) in [7, 11) is 1.69. The van der Waals surface area contributed by atoms with Crippen molar-refractivity contribution in [1.29, 1.82) is 0 Å². The van der Waals surface area contributed by atoms with Crippen molar-refractivity contribution in [1.82, 2.24) is 19.9 Å². The van der Waals surface area contributed by atoms with Crippen LogP contribution in [-0.2, 0) is 4.74 Å². The lowest BCUT2D eigenvalue weighted by Gasteiger charge is -2.01. The smallest absolute Gasteiger partial charge is 0.225 e. The third kappa shape index (κ3) is 2.63. The van der Waals surface area contributed by atoms with E-state index in [1.54, 1.807) is 25.2 Å². The first-order valence-corrected chi connectivity index (χ1v) is 6.16. The number of aromatic nitrogens is 4. The molecule has 0 radical (unpaired) electrons. The molecule has 0 fully saturated rings. The summed E-state index contributed by atoms with van der Waals surface area (Å²) in [6, 6.07) is 0. The van der Waals surface area contributed by atoms with Crippen LogP contribution in [0.15, 0.2) is 11.4 Å². The predicted octanol–water partition coefficient (Wildman–Crippen LogP) is 2.13. The molecule has 0 spiro atoms. The van der Waals surface area contributed by atoms with E-state index >= 15 is 0 Å². The zero-order chi connectivity index (χ0) is 11.4. The Bertz CT molecular complexity index is 475. The maximum Gasteiger partial charge on any atom is 0.225 e. The van der Waals surface area contributed by atoms with Gasteiger partial charge >= 0.3 is 0 Å². The van der Waals surface area contributed by atoms with Gasteiger partial charge in [0.25, 0.3) is 0 Å². The van der Waals surface area contributed by atoms with Crippen molar-refractivity contribution < 1.29 is 4.74 Å². The summed E-state index contributed by atoms with van der Waals surface area (Å²) in [6.07, 6.45) is 2.56. The van der Waals surface area contributed by atoms with Crippen LogP contribution in [0.5, 0.6) is 0 Å². The highest BCUT2D eigenvalue weighted by Gasteiger charge is 2.08. The van der Waals surface area contributed by atoms with E-state index in [2.05, 4.69) is 19.9 Å². The molecule has 0 bridgehead atoms. The zero-order valence-corrected chi connectivity index (χ0v) is 10.3. The number of methoxy groups -OCH3 is 1. The molecule has 0 amide bonds. The molecule has 0 saturated heterocycles. The monoisotopic (exact) mass is 258 g/mol. The van der Waals surface area contributed by atoms with Crippen molar-refractivity contribution in [2.75, 3.05) is 19.5 Å². The minimum absolute atomic E-state index is 0.230. The van der Waals surface area contributed by atoms with Crippen LogP contribution in [-0.4, -0.2) is 39.4 Å². The Labute approximate surface area is 102 Å². The van der Waals surface area contributed by atoms with E-state index in [0.717, 1.165) is 29.3 Å². The lowest BCUT2D eigenvalue weighted by molar-refractivity contribution is 0.200. The van der Waals surface area contributed by atoms with Gasteiger partial charge in [-0.2, -0.15) is 4.98 Å². The molecule has 0 saturated carbocycles. The zero-order valence-electron chi connectivity index (χ0n) is 8.73. The number of ether oxygens (including phenoxy) is 1. The highest BCUT2D eigenvalue weighted by Crippen LogP contribution is 2.24. The second-order valence-electron chi connectivity index (χ2n) is 3.09. The lowest BCUT2D eigenvalue weighted by atomic mass is 10.5. The lowest BCUT2D eigenvalue weighted by Crippen LogP contribution is -1.93. The maximum atomic E-state index is 5.81. The molecular weight excluding hydrogens is 248 g/mol. The summed E-state index contributed by atoms with van der Waals surface area (Å²) < 4.78 is 4.98. The number of H-pyrrole nitrogens is 1. The first-order chi connectivity index (χ1) is 7.81. The molecule has 16 heavy (non-hydrogen) atoms. The highest BCUT2D eigenvalue weighted by molar-refractivity contribution is 7.99. The molecule has 86 valence electrons. The number of hydrogen-bond acceptors (Lipinski definition) is 5. The molecule has 2 aromatic rings. The van der Waals surface area contributed by atoms with E-state index in [0.29, 0.717) is 5.65 Å². The topological polar surface area (TPSA) is 63.7 Å². The van der Waals surface area contributed by atoms with Gasteiger partial charge in [0.05, 0.1) is 6.33 Å². The summed E-state index contributed by atoms with van der Waals surface area (Å²) >= 11 is 7.43. The van der Waals surface area contributed by atoms with Crippen LogP contribution in [0.3, 0.4) is 0 Å². The van der Waals surface area contributed by atoms with E-state index in [4.69, 9.17) is 16.3 Å². The Morgan fingerprint density at radius 1 is 1.50 bits per heavy atom. The Morgan fingerprint density at radius 3 is 3.19 bits per heavy atom. The number of halogens is 1. The number of aromatic amines is 1. The highest BCUT2D eigenvalue weighted by atomic mass is 35.5. The Balaban J connectivity index is 2.12. The van der Waals surface area contributed by atoms with E-state index < -0.39 is 0 Å². The van der Waals surface area contributed by atoms with Gasteiger partial charge in [-0.25, -0.2) is 9.97 Å². The van der Waals surface area contributed by atoms with Gasteiger partial charge in [-0.05, 0) is 18.0 Å². The van der Waals surface area contributed by atoms with Gasteiger partial charge in [0.15, 0.2) is 5.65 Å². The van der Waals surface area contributed by atoms with Crippen LogP contribution in [0.2, 0.25) is 5.28 Å². The van der Waals surface area contributed by atoms with E-state index in [1.807, 2.05) is 0 Å². The summed E-state index contributed by atoms with van der Waals surface area (Å²) in [5.74, 6) is 0.926. The molecule has 2 rings (SSSR count). The van der Waals surface area contributed by atoms with Gasteiger partial charge < -0.3 is 9.72 Å². The standard InChI is InChI=1S/C9H11ClN4OS/c1-15-3-2-4-16-8-6-7(12-5-11-6)13-9(10)14-8/h5H,2-4H2,1H3,(H,11,12,13,14). The Hall–Kier alpha value is -0.850. The average molecular weight is 259 g/mol. The van der Waals surface area contributed by atoms with Crippen LogP contribution in [0, 0.1) is 0 Å². The molecule has 5 nitrogen and oxygen atoms in total. The average Bonchev–Trinajstić information content (AvgIpc) is 2.72. The predicted molar refractivity (Wildman–Crippen MR) is 63.9 cm³/mol. The molecule has 0 aliphatic rings.